The van der Waals surface area contributed by atoms with Crippen molar-refractivity contribution in [2.24, 2.45) is 19.1 Å². The van der Waals surface area contributed by atoms with Gasteiger partial charge in [0.1, 0.15) is 11.4 Å². The monoisotopic (exact) mass is 388 g/mol. The molecule has 0 aromatic carbocycles. The summed E-state index contributed by atoms with van der Waals surface area (Å²) in [7, 11) is 6.93. The van der Waals surface area contributed by atoms with Gasteiger partial charge in [-0.3, -0.25) is 14.6 Å². The second-order valence-electron chi connectivity index (χ2n) is 6.53. The summed E-state index contributed by atoms with van der Waals surface area (Å²) >= 11 is 0. The van der Waals surface area contributed by atoms with Gasteiger partial charge in [0.2, 0.25) is 0 Å². The molecule has 0 saturated carbocycles. The quantitative estimate of drug-likeness (QED) is 0.354. The molecule has 6 N–H and O–H groups in total. The number of guanidine groups is 1. The fraction of sp³-hybridized carbons (Fsp3) is 0.389. The fourth-order valence-electron chi connectivity index (χ4n) is 2.74. The first-order valence-electron chi connectivity index (χ1n) is 8.84. The number of rotatable bonds is 6. The molecule has 2 heterocycles. The lowest BCUT2D eigenvalue weighted by molar-refractivity contribution is 0.0941. The number of aromatic nitrogens is 2. The van der Waals surface area contributed by atoms with Crippen LogP contribution >= 0.6 is 0 Å². The zero-order chi connectivity index (χ0) is 20.8. The lowest BCUT2D eigenvalue weighted by atomic mass is 10.3. The predicted molar refractivity (Wildman–Crippen MR) is 111 cm³/mol. The number of amides is 2. The van der Waals surface area contributed by atoms with Gasteiger partial charge < -0.3 is 36.1 Å². The number of carbonyl (C=O) groups is 2. The van der Waals surface area contributed by atoms with Crippen molar-refractivity contribution in [1.29, 1.82) is 0 Å². The maximum Gasteiger partial charge on any atom is 0.272 e. The molecule has 152 valence electrons. The summed E-state index contributed by atoms with van der Waals surface area (Å²) in [5, 5.41) is 11.7. The van der Waals surface area contributed by atoms with Crippen molar-refractivity contribution in [3.05, 3.63) is 35.9 Å². The smallest absolute Gasteiger partial charge is 0.272 e. The van der Waals surface area contributed by atoms with Gasteiger partial charge in [-0.15, -0.1) is 0 Å². The minimum Gasteiger partial charge on any atom is -0.397 e. The highest BCUT2D eigenvalue weighted by molar-refractivity contribution is 6.04. The van der Waals surface area contributed by atoms with E-state index in [-0.39, 0.29) is 17.9 Å². The molecule has 0 fully saturated rings. The Morgan fingerprint density at radius 2 is 1.79 bits per heavy atom. The summed E-state index contributed by atoms with van der Waals surface area (Å²) in [6.07, 6.45) is 3.35. The molecule has 1 atom stereocenters. The first-order valence-corrected chi connectivity index (χ1v) is 8.84. The molecule has 0 bridgehead atoms. The number of nitrogen functional groups attached to an aromatic ring is 1. The summed E-state index contributed by atoms with van der Waals surface area (Å²) in [5.74, 6) is 0.110. The van der Waals surface area contributed by atoms with Gasteiger partial charge in [-0.1, -0.05) is 0 Å². The summed E-state index contributed by atoms with van der Waals surface area (Å²) in [4.78, 5) is 28.9. The predicted octanol–water partition coefficient (Wildman–Crippen LogP) is 0.111. The van der Waals surface area contributed by atoms with E-state index in [0.717, 1.165) is 0 Å². The molecular formula is C18H28N8O2. The van der Waals surface area contributed by atoms with Crippen LogP contribution in [-0.2, 0) is 14.1 Å². The molecular weight excluding hydrogens is 360 g/mol. The average molecular weight is 388 g/mol. The Morgan fingerprint density at radius 1 is 1.14 bits per heavy atom. The van der Waals surface area contributed by atoms with Crippen LogP contribution in [0.5, 0.6) is 0 Å². The first kappa shape index (κ1) is 20.9. The largest absolute Gasteiger partial charge is 0.397 e. The third-order valence-electron chi connectivity index (χ3n) is 4.17. The number of hydrogen-bond acceptors (Lipinski definition) is 4. The average Bonchev–Trinajstić information content (AvgIpc) is 3.18. The minimum atomic E-state index is -0.298. The number of carbonyl (C=O) groups excluding carboxylic acids is 2. The SMILES string of the molecule is CN=C(NC)NC(C)CNC(=O)c1cc(NC(=O)c2cc(N)cn2C)cn1C. The normalized spacial score (nSPS) is 12.4. The van der Waals surface area contributed by atoms with Crippen molar-refractivity contribution in [2.45, 2.75) is 13.0 Å². The van der Waals surface area contributed by atoms with E-state index in [9.17, 15) is 9.59 Å². The topological polar surface area (TPSA) is 130 Å². The van der Waals surface area contributed by atoms with Crippen molar-refractivity contribution in [3.63, 3.8) is 0 Å². The summed E-state index contributed by atoms with van der Waals surface area (Å²) in [6, 6.07) is 3.21. The highest BCUT2D eigenvalue weighted by atomic mass is 16.2. The van der Waals surface area contributed by atoms with E-state index >= 15 is 0 Å². The summed E-state index contributed by atoms with van der Waals surface area (Å²) < 4.78 is 3.31. The van der Waals surface area contributed by atoms with Gasteiger partial charge in [-0.25, -0.2) is 0 Å². The van der Waals surface area contributed by atoms with Gasteiger partial charge in [0, 0.05) is 53.2 Å². The number of nitrogens with one attached hydrogen (secondary N) is 4. The number of nitrogens with zero attached hydrogens (tertiary/aromatic N) is 3. The van der Waals surface area contributed by atoms with Crippen LogP contribution in [-0.4, -0.2) is 53.6 Å². The van der Waals surface area contributed by atoms with Gasteiger partial charge in [-0.05, 0) is 19.1 Å². The summed E-state index contributed by atoms with van der Waals surface area (Å²) in [6.45, 7) is 2.35. The molecule has 10 heteroatoms. The third kappa shape index (κ3) is 5.06. The molecule has 2 aromatic rings. The van der Waals surface area contributed by atoms with Crippen LogP contribution in [0, 0.1) is 0 Å². The van der Waals surface area contributed by atoms with Gasteiger partial charge in [-0.2, -0.15) is 0 Å². The second-order valence-corrected chi connectivity index (χ2v) is 6.53. The Bertz CT molecular complexity index is 880. The lowest BCUT2D eigenvalue weighted by Gasteiger charge is -2.17. The standard InChI is InChI=1S/C18H28N8O2/c1-11(23-18(20-2)21-3)8-22-16(27)15-7-13(10-26(15)5)24-17(28)14-6-12(19)9-25(14)4/h6-7,9-11H,8,19H2,1-5H3,(H,22,27)(H,24,28)(H2,20,21,23). The van der Waals surface area contributed by atoms with Gasteiger partial charge in [0.05, 0.1) is 11.4 Å². The van der Waals surface area contributed by atoms with E-state index in [1.807, 2.05) is 6.92 Å². The van der Waals surface area contributed by atoms with E-state index < -0.39 is 0 Å². The van der Waals surface area contributed by atoms with Crippen molar-refractivity contribution in [1.82, 2.24) is 25.1 Å². The number of aryl methyl sites for hydroxylation is 2. The molecule has 0 radical (unpaired) electrons. The number of aliphatic imine (C=N–C) groups is 1. The molecule has 0 aliphatic rings. The highest BCUT2D eigenvalue weighted by Crippen LogP contribution is 2.16. The number of hydrogen-bond donors (Lipinski definition) is 5. The Hall–Kier alpha value is -3.43. The molecule has 0 aliphatic heterocycles. The molecule has 0 spiro atoms. The van der Waals surface area contributed by atoms with Crippen LogP contribution in [0.15, 0.2) is 29.5 Å². The third-order valence-corrected chi connectivity index (χ3v) is 4.17. The fourth-order valence-corrected chi connectivity index (χ4v) is 2.74. The maximum absolute atomic E-state index is 12.5. The van der Waals surface area contributed by atoms with E-state index in [0.29, 0.717) is 35.3 Å². The Kier molecular flexibility index (Phi) is 6.69. The van der Waals surface area contributed by atoms with Crippen molar-refractivity contribution in [3.8, 4) is 0 Å². The Balaban J connectivity index is 1.98. The van der Waals surface area contributed by atoms with Crippen molar-refractivity contribution >= 4 is 29.1 Å². The van der Waals surface area contributed by atoms with Crippen LogP contribution < -0.4 is 27.0 Å². The van der Waals surface area contributed by atoms with Crippen LogP contribution in [0.4, 0.5) is 11.4 Å². The Labute approximate surface area is 164 Å². The first-order chi connectivity index (χ1) is 13.2. The van der Waals surface area contributed by atoms with Gasteiger partial charge in [0.25, 0.3) is 11.8 Å². The molecule has 2 rings (SSSR count). The van der Waals surface area contributed by atoms with E-state index in [4.69, 9.17) is 5.73 Å². The molecule has 0 aliphatic carbocycles. The number of anilines is 2. The van der Waals surface area contributed by atoms with Crippen LogP contribution in [0.1, 0.15) is 27.9 Å². The van der Waals surface area contributed by atoms with E-state index in [1.165, 1.54) is 0 Å². The lowest BCUT2D eigenvalue weighted by Crippen LogP contribution is -2.46. The molecule has 1 unspecified atom stereocenters. The zero-order valence-corrected chi connectivity index (χ0v) is 16.8. The molecule has 2 aromatic heterocycles. The molecule has 10 nitrogen and oxygen atoms in total. The van der Waals surface area contributed by atoms with Crippen molar-refractivity contribution in [2.75, 3.05) is 31.7 Å². The van der Waals surface area contributed by atoms with E-state index in [2.05, 4.69) is 26.3 Å². The van der Waals surface area contributed by atoms with Crippen LogP contribution in [0.2, 0.25) is 0 Å². The van der Waals surface area contributed by atoms with E-state index in [1.54, 1.807) is 61.9 Å². The molecule has 28 heavy (non-hydrogen) atoms. The van der Waals surface area contributed by atoms with Crippen molar-refractivity contribution < 1.29 is 9.59 Å². The van der Waals surface area contributed by atoms with Crippen LogP contribution in [0.25, 0.3) is 0 Å². The highest BCUT2D eigenvalue weighted by Gasteiger charge is 2.16. The molecule has 2 amide bonds. The second kappa shape index (κ2) is 8.98. The zero-order valence-electron chi connectivity index (χ0n) is 16.8. The van der Waals surface area contributed by atoms with Crippen LogP contribution in [0.3, 0.4) is 0 Å². The minimum absolute atomic E-state index is 0.0164. The Morgan fingerprint density at radius 3 is 2.36 bits per heavy atom. The number of nitrogens with two attached hydrogens (primary N) is 1. The summed E-state index contributed by atoms with van der Waals surface area (Å²) in [5.41, 5.74) is 7.62. The molecule has 0 saturated heterocycles. The van der Waals surface area contributed by atoms with Gasteiger partial charge >= 0.3 is 0 Å². The maximum atomic E-state index is 12.5. The van der Waals surface area contributed by atoms with Gasteiger partial charge in [0.15, 0.2) is 5.96 Å².